The van der Waals surface area contributed by atoms with E-state index in [1.54, 1.807) is 0 Å². The zero-order valence-electron chi connectivity index (χ0n) is 10.0. The van der Waals surface area contributed by atoms with E-state index in [0.29, 0.717) is 11.7 Å². The maximum atomic E-state index is 6.06. The molecule has 0 aliphatic carbocycles. The molecule has 0 amide bonds. The first-order valence-electron chi connectivity index (χ1n) is 5.98. The Balaban J connectivity index is 1.94. The second-order valence-electron chi connectivity index (χ2n) is 4.76. The van der Waals surface area contributed by atoms with Crippen molar-refractivity contribution in [3.05, 3.63) is 11.7 Å². The lowest BCUT2D eigenvalue weighted by Gasteiger charge is -2.17. The molecule has 0 aromatic carbocycles. The third-order valence-electron chi connectivity index (χ3n) is 2.94. The average molecular weight is 224 g/mol. The summed E-state index contributed by atoms with van der Waals surface area (Å²) in [6, 6.07) is -0.130. The molecule has 16 heavy (non-hydrogen) atoms. The van der Waals surface area contributed by atoms with Crippen molar-refractivity contribution in [2.45, 2.75) is 38.6 Å². The van der Waals surface area contributed by atoms with Gasteiger partial charge < -0.3 is 15.2 Å². The van der Waals surface area contributed by atoms with Crippen LogP contribution < -0.4 is 5.73 Å². The Morgan fingerprint density at radius 1 is 1.38 bits per heavy atom. The summed E-state index contributed by atoms with van der Waals surface area (Å²) < 4.78 is 5.15. The Morgan fingerprint density at radius 3 is 2.62 bits per heavy atom. The fraction of sp³-hybridized carbons (Fsp3) is 0.818. The van der Waals surface area contributed by atoms with Crippen LogP contribution in [0, 0.1) is 0 Å². The molecule has 2 N–H and O–H groups in total. The van der Waals surface area contributed by atoms with Crippen LogP contribution in [0.2, 0.25) is 0 Å². The zero-order chi connectivity index (χ0) is 11.5. The third-order valence-corrected chi connectivity index (χ3v) is 2.94. The molecule has 1 fully saturated rings. The highest BCUT2D eigenvalue weighted by Crippen LogP contribution is 2.16. The van der Waals surface area contributed by atoms with Crippen molar-refractivity contribution < 1.29 is 4.52 Å². The van der Waals surface area contributed by atoms with Crippen LogP contribution in [0.15, 0.2) is 4.52 Å². The summed E-state index contributed by atoms with van der Waals surface area (Å²) in [6.07, 6.45) is 2.55. The quantitative estimate of drug-likeness (QED) is 0.834. The molecule has 2 heterocycles. The molecule has 0 saturated carbocycles. The molecular formula is C11H20N4O. The molecule has 1 unspecified atom stereocenters. The molecule has 1 aliphatic rings. The largest absolute Gasteiger partial charge is 0.339 e. The van der Waals surface area contributed by atoms with Gasteiger partial charge >= 0.3 is 0 Å². The van der Waals surface area contributed by atoms with Crippen LogP contribution in [0.5, 0.6) is 0 Å². The number of rotatable bonds is 4. The summed E-state index contributed by atoms with van der Waals surface area (Å²) in [5, 5.41) is 3.94. The molecule has 5 heteroatoms. The minimum absolute atomic E-state index is 0.130. The topological polar surface area (TPSA) is 68.2 Å². The van der Waals surface area contributed by atoms with E-state index in [1.807, 2.05) is 13.8 Å². The summed E-state index contributed by atoms with van der Waals surface area (Å²) in [7, 11) is 0. The van der Waals surface area contributed by atoms with Gasteiger partial charge in [-0.3, -0.25) is 0 Å². The normalized spacial score (nSPS) is 19.5. The van der Waals surface area contributed by atoms with Gasteiger partial charge in [0.25, 0.3) is 0 Å². The predicted molar refractivity (Wildman–Crippen MR) is 61.0 cm³/mol. The highest BCUT2D eigenvalue weighted by molar-refractivity contribution is 4.96. The third kappa shape index (κ3) is 2.59. The first kappa shape index (κ1) is 11.5. The Hall–Kier alpha value is -0.940. The molecule has 1 saturated heterocycles. The number of aromatic nitrogens is 2. The van der Waals surface area contributed by atoms with Crippen LogP contribution >= 0.6 is 0 Å². The van der Waals surface area contributed by atoms with Crippen molar-refractivity contribution >= 4 is 0 Å². The minimum atomic E-state index is -0.130. The monoisotopic (exact) mass is 224 g/mol. The maximum Gasteiger partial charge on any atom is 0.229 e. The number of hydrogen-bond donors (Lipinski definition) is 1. The summed E-state index contributed by atoms with van der Waals surface area (Å²) in [6.45, 7) is 7.18. The highest BCUT2D eigenvalue weighted by atomic mass is 16.5. The lowest BCUT2D eigenvalue weighted by atomic mass is 10.2. The number of likely N-dealkylation sites (tertiary alicyclic amines) is 1. The van der Waals surface area contributed by atoms with Crippen LogP contribution in [0.3, 0.4) is 0 Å². The summed E-state index contributed by atoms with van der Waals surface area (Å²) >= 11 is 0. The molecule has 0 bridgehead atoms. The van der Waals surface area contributed by atoms with E-state index in [0.717, 1.165) is 19.6 Å². The molecular weight excluding hydrogens is 204 g/mol. The fourth-order valence-electron chi connectivity index (χ4n) is 1.96. The standard InChI is InChI=1S/C11H20N4O/c1-8(2)11-13-10(14-16-11)9(12)7-15-5-3-4-6-15/h8-9H,3-7,12H2,1-2H3. The lowest BCUT2D eigenvalue weighted by Crippen LogP contribution is -2.30. The molecule has 5 nitrogen and oxygen atoms in total. The van der Waals surface area contributed by atoms with Gasteiger partial charge in [0, 0.05) is 12.5 Å². The van der Waals surface area contributed by atoms with Gasteiger partial charge in [0.2, 0.25) is 5.89 Å². The second-order valence-corrected chi connectivity index (χ2v) is 4.76. The van der Waals surface area contributed by atoms with Crippen molar-refractivity contribution in [1.82, 2.24) is 15.0 Å². The van der Waals surface area contributed by atoms with Crippen molar-refractivity contribution in [2.24, 2.45) is 5.73 Å². The van der Waals surface area contributed by atoms with Crippen molar-refractivity contribution in [3.63, 3.8) is 0 Å². The summed E-state index contributed by atoms with van der Waals surface area (Å²) in [4.78, 5) is 6.68. The highest BCUT2D eigenvalue weighted by Gasteiger charge is 2.20. The van der Waals surface area contributed by atoms with E-state index in [9.17, 15) is 0 Å². The van der Waals surface area contributed by atoms with Gasteiger partial charge in [0.05, 0.1) is 6.04 Å². The first-order chi connectivity index (χ1) is 7.66. The summed E-state index contributed by atoms with van der Waals surface area (Å²) in [5.41, 5.74) is 6.06. The molecule has 2 rings (SSSR count). The number of nitrogens with two attached hydrogens (primary N) is 1. The van der Waals surface area contributed by atoms with E-state index >= 15 is 0 Å². The number of hydrogen-bond acceptors (Lipinski definition) is 5. The van der Waals surface area contributed by atoms with Crippen LogP contribution in [0.4, 0.5) is 0 Å². The van der Waals surface area contributed by atoms with Crippen LogP contribution in [-0.2, 0) is 0 Å². The van der Waals surface area contributed by atoms with Gasteiger partial charge in [-0.2, -0.15) is 4.98 Å². The van der Waals surface area contributed by atoms with Gasteiger partial charge in [-0.1, -0.05) is 19.0 Å². The molecule has 0 spiro atoms. The van der Waals surface area contributed by atoms with Crippen LogP contribution in [-0.4, -0.2) is 34.7 Å². The van der Waals surface area contributed by atoms with Gasteiger partial charge in [-0.15, -0.1) is 0 Å². The van der Waals surface area contributed by atoms with Gasteiger partial charge in [0.1, 0.15) is 0 Å². The van der Waals surface area contributed by atoms with E-state index in [2.05, 4.69) is 15.0 Å². The van der Waals surface area contributed by atoms with E-state index < -0.39 is 0 Å². The van der Waals surface area contributed by atoms with Gasteiger partial charge in [-0.05, 0) is 25.9 Å². The Kier molecular flexibility index (Phi) is 3.56. The lowest BCUT2D eigenvalue weighted by molar-refractivity contribution is 0.304. The Morgan fingerprint density at radius 2 is 2.06 bits per heavy atom. The van der Waals surface area contributed by atoms with Crippen molar-refractivity contribution in [3.8, 4) is 0 Å². The first-order valence-corrected chi connectivity index (χ1v) is 5.98. The van der Waals surface area contributed by atoms with E-state index in [4.69, 9.17) is 10.3 Å². The fourth-order valence-corrected chi connectivity index (χ4v) is 1.96. The molecule has 1 atom stereocenters. The van der Waals surface area contributed by atoms with Crippen molar-refractivity contribution in [1.29, 1.82) is 0 Å². The Labute approximate surface area is 96.0 Å². The Bertz CT molecular complexity index is 330. The number of nitrogens with zero attached hydrogens (tertiary/aromatic N) is 3. The summed E-state index contributed by atoms with van der Waals surface area (Å²) in [5.74, 6) is 1.57. The smallest absolute Gasteiger partial charge is 0.229 e. The van der Waals surface area contributed by atoms with Gasteiger partial charge in [0.15, 0.2) is 5.82 Å². The molecule has 90 valence electrons. The van der Waals surface area contributed by atoms with Crippen molar-refractivity contribution in [2.75, 3.05) is 19.6 Å². The zero-order valence-corrected chi connectivity index (χ0v) is 10.0. The molecule has 1 aromatic heterocycles. The molecule has 0 radical (unpaired) electrons. The SMILES string of the molecule is CC(C)c1nc(C(N)CN2CCCC2)no1. The minimum Gasteiger partial charge on any atom is -0.339 e. The van der Waals surface area contributed by atoms with E-state index in [-0.39, 0.29) is 12.0 Å². The van der Waals surface area contributed by atoms with Crippen LogP contribution in [0.1, 0.15) is 50.4 Å². The van der Waals surface area contributed by atoms with E-state index in [1.165, 1.54) is 12.8 Å². The molecule has 1 aliphatic heterocycles. The maximum absolute atomic E-state index is 6.06. The average Bonchev–Trinajstić information content (AvgIpc) is 2.86. The predicted octanol–water partition coefficient (Wildman–Crippen LogP) is 1.29. The van der Waals surface area contributed by atoms with Gasteiger partial charge in [-0.25, -0.2) is 0 Å². The van der Waals surface area contributed by atoms with Crippen LogP contribution in [0.25, 0.3) is 0 Å². The second kappa shape index (κ2) is 4.93. The molecule has 1 aromatic rings.